The first-order chi connectivity index (χ1) is 9.45. The van der Waals surface area contributed by atoms with E-state index in [-0.39, 0.29) is 11.5 Å². The molecule has 1 N–H and O–H groups in total. The van der Waals surface area contributed by atoms with Crippen molar-refractivity contribution in [1.29, 1.82) is 0 Å². The first-order valence-electron chi connectivity index (χ1n) is 5.85. The number of aromatic nitrogens is 1. The quantitative estimate of drug-likeness (QED) is 0.947. The molecule has 1 heterocycles. The minimum Gasteiger partial charge on any atom is -0.337 e. The molecule has 1 amide bonds. The van der Waals surface area contributed by atoms with Crippen molar-refractivity contribution in [3.63, 3.8) is 0 Å². The highest BCUT2D eigenvalue weighted by Crippen LogP contribution is 2.20. The molecule has 1 aromatic heterocycles. The van der Waals surface area contributed by atoms with E-state index in [1.807, 2.05) is 0 Å². The van der Waals surface area contributed by atoms with Gasteiger partial charge in [-0.1, -0.05) is 23.2 Å². The van der Waals surface area contributed by atoms with Crippen molar-refractivity contribution in [2.75, 3.05) is 7.05 Å². The second-order valence-electron chi connectivity index (χ2n) is 4.38. The maximum absolute atomic E-state index is 12.2. The molecular formula is C14H12Cl2N2O2. The predicted molar refractivity (Wildman–Crippen MR) is 79.3 cm³/mol. The Bertz CT molecular complexity index is 677. The number of hydrogen-bond donors (Lipinski definition) is 1. The van der Waals surface area contributed by atoms with E-state index in [4.69, 9.17) is 23.2 Å². The van der Waals surface area contributed by atoms with Gasteiger partial charge in [0.2, 0.25) is 5.56 Å². The third kappa shape index (κ3) is 3.62. The van der Waals surface area contributed by atoms with Crippen LogP contribution in [0.1, 0.15) is 15.9 Å². The summed E-state index contributed by atoms with van der Waals surface area (Å²) in [5, 5.41) is 1.04. The van der Waals surface area contributed by atoms with Crippen molar-refractivity contribution >= 4 is 29.1 Å². The second-order valence-corrected chi connectivity index (χ2v) is 5.25. The number of benzene rings is 1. The molecule has 0 aliphatic heterocycles. The van der Waals surface area contributed by atoms with Gasteiger partial charge < -0.3 is 9.88 Å². The van der Waals surface area contributed by atoms with Gasteiger partial charge in [0.15, 0.2) is 0 Å². The first kappa shape index (κ1) is 14.6. The lowest BCUT2D eigenvalue weighted by Crippen LogP contribution is -2.27. The second kappa shape index (κ2) is 6.11. The highest BCUT2D eigenvalue weighted by Gasteiger charge is 2.13. The molecule has 0 fully saturated rings. The van der Waals surface area contributed by atoms with Crippen LogP contribution in [0.25, 0.3) is 0 Å². The fourth-order valence-electron chi connectivity index (χ4n) is 1.85. The molecule has 2 rings (SSSR count). The van der Waals surface area contributed by atoms with Crippen molar-refractivity contribution in [2.24, 2.45) is 0 Å². The predicted octanol–water partition coefficient (Wildman–Crippen LogP) is 2.95. The smallest absolute Gasteiger partial charge is 0.254 e. The summed E-state index contributed by atoms with van der Waals surface area (Å²) in [5.74, 6) is -0.243. The van der Waals surface area contributed by atoms with Crippen molar-refractivity contribution < 1.29 is 4.79 Å². The van der Waals surface area contributed by atoms with Crippen LogP contribution in [-0.2, 0) is 6.54 Å². The van der Waals surface area contributed by atoms with Crippen LogP contribution in [0.5, 0.6) is 0 Å². The maximum atomic E-state index is 12.2. The molecule has 4 nitrogen and oxygen atoms in total. The van der Waals surface area contributed by atoms with Gasteiger partial charge in [0, 0.05) is 41.5 Å². The van der Waals surface area contributed by atoms with Crippen LogP contribution in [-0.4, -0.2) is 22.8 Å². The molecule has 0 bridgehead atoms. The standard InChI is InChI=1S/C14H12Cl2N2O2/c1-18(8-9-4-11(15)7-12(16)5-9)14(20)10-2-3-17-13(19)6-10/h2-7H,8H2,1H3,(H,17,19). The monoisotopic (exact) mass is 310 g/mol. The highest BCUT2D eigenvalue weighted by atomic mass is 35.5. The van der Waals surface area contributed by atoms with E-state index in [1.54, 1.807) is 31.3 Å². The summed E-state index contributed by atoms with van der Waals surface area (Å²) in [6.07, 6.45) is 1.44. The molecule has 0 aliphatic rings. The molecule has 0 atom stereocenters. The Hall–Kier alpha value is -1.78. The van der Waals surface area contributed by atoms with Gasteiger partial charge in [-0.3, -0.25) is 9.59 Å². The van der Waals surface area contributed by atoms with E-state index in [0.717, 1.165) is 5.56 Å². The summed E-state index contributed by atoms with van der Waals surface area (Å²) in [6, 6.07) is 7.95. The van der Waals surface area contributed by atoms with Crippen LogP contribution in [0.15, 0.2) is 41.3 Å². The zero-order valence-corrected chi connectivity index (χ0v) is 12.2. The lowest BCUT2D eigenvalue weighted by atomic mass is 10.2. The lowest BCUT2D eigenvalue weighted by molar-refractivity contribution is 0.0785. The van der Waals surface area contributed by atoms with Crippen LogP contribution in [0.4, 0.5) is 0 Å². The molecule has 0 unspecified atom stereocenters. The van der Waals surface area contributed by atoms with Crippen molar-refractivity contribution in [3.8, 4) is 0 Å². The van der Waals surface area contributed by atoms with Gasteiger partial charge in [-0.2, -0.15) is 0 Å². The fourth-order valence-corrected chi connectivity index (χ4v) is 2.42. The molecule has 0 spiro atoms. The number of carbonyl (C=O) groups is 1. The Kier molecular flexibility index (Phi) is 4.47. The molecule has 2 aromatic rings. The topological polar surface area (TPSA) is 53.2 Å². The molecule has 104 valence electrons. The van der Waals surface area contributed by atoms with E-state index in [0.29, 0.717) is 22.2 Å². The zero-order valence-electron chi connectivity index (χ0n) is 10.7. The summed E-state index contributed by atoms with van der Waals surface area (Å²) < 4.78 is 0. The minimum absolute atomic E-state index is 0.243. The number of amides is 1. The Morgan fingerprint density at radius 2 is 1.85 bits per heavy atom. The third-order valence-electron chi connectivity index (χ3n) is 2.71. The van der Waals surface area contributed by atoms with E-state index < -0.39 is 0 Å². The van der Waals surface area contributed by atoms with Crippen molar-refractivity contribution in [1.82, 2.24) is 9.88 Å². The number of nitrogens with zero attached hydrogens (tertiary/aromatic N) is 1. The largest absolute Gasteiger partial charge is 0.337 e. The third-order valence-corrected chi connectivity index (χ3v) is 3.15. The van der Waals surface area contributed by atoms with E-state index in [1.165, 1.54) is 17.2 Å². The van der Waals surface area contributed by atoms with Crippen molar-refractivity contribution in [3.05, 3.63) is 68.1 Å². The van der Waals surface area contributed by atoms with Gasteiger partial charge in [0.25, 0.3) is 5.91 Å². The molecular weight excluding hydrogens is 299 g/mol. The summed E-state index contributed by atoms with van der Waals surface area (Å²) in [4.78, 5) is 27.3. The van der Waals surface area contributed by atoms with Gasteiger partial charge in [0.1, 0.15) is 0 Å². The van der Waals surface area contributed by atoms with Gasteiger partial charge in [-0.25, -0.2) is 0 Å². The summed E-state index contributed by atoms with van der Waals surface area (Å²) in [5.41, 5.74) is 0.850. The van der Waals surface area contributed by atoms with Crippen LogP contribution in [0.3, 0.4) is 0 Å². The van der Waals surface area contributed by atoms with Gasteiger partial charge in [0.05, 0.1) is 0 Å². The van der Waals surface area contributed by atoms with Crippen LogP contribution < -0.4 is 5.56 Å². The fraction of sp³-hybridized carbons (Fsp3) is 0.143. The lowest BCUT2D eigenvalue weighted by Gasteiger charge is -2.17. The number of pyridine rings is 1. The molecule has 0 aliphatic carbocycles. The maximum Gasteiger partial charge on any atom is 0.254 e. The Morgan fingerprint density at radius 1 is 1.20 bits per heavy atom. The molecule has 20 heavy (non-hydrogen) atoms. The number of halogens is 2. The van der Waals surface area contributed by atoms with Crippen LogP contribution >= 0.6 is 23.2 Å². The molecule has 0 saturated heterocycles. The van der Waals surface area contributed by atoms with Crippen LogP contribution in [0, 0.1) is 0 Å². The Morgan fingerprint density at radius 3 is 2.45 bits per heavy atom. The molecule has 0 radical (unpaired) electrons. The molecule has 0 saturated carbocycles. The van der Waals surface area contributed by atoms with Gasteiger partial charge >= 0.3 is 0 Å². The Balaban J connectivity index is 2.17. The SMILES string of the molecule is CN(Cc1cc(Cl)cc(Cl)c1)C(=O)c1cc[nH]c(=O)c1. The Labute approximate surface area is 125 Å². The van der Waals surface area contributed by atoms with E-state index in [2.05, 4.69) is 4.98 Å². The molecule has 1 aromatic carbocycles. The van der Waals surface area contributed by atoms with Crippen molar-refractivity contribution in [2.45, 2.75) is 6.54 Å². The normalized spacial score (nSPS) is 10.3. The number of carbonyl (C=O) groups excluding carboxylic acids is 1. The number of hydrogen-bond acceptors (Lipinski definition) is 2. The van der Waals surface area contributed by atoms with Gasteiger partial charge in [-0.15, -0.1) is 0 Å². The number of nitrogens with one attached hydrogen (secondary N) is 1. The van der Waals surface area contributed by atoms with E-state index in [9.17, 15) is 9.59 Å². The minimum atomic E-state index is -0.310. The average Bonchev–Trinajstić information content (AvgIpc) is 2.36. The number of rotatable bonds is 3. The summed E-state index contributed by atoms with van der Waals surface area (Å²) in [7, 11) is 1.65. The number of aromatic amines is 1. The summed E-state index contributed by atoms with van der Waals surface area (Å²) >= 11 is 11.8. The number of H-pyrrole nitrogens is 1. The first-order valence-corrected chi connectivity index (χ1v) is 6.60. The van der Waals surface area contributed by atoms with E-state index >= 15 is 0 Å². The zero-order chi connectivity index (χ0) is 14.7. The highest BCUT2D eigenvalue weighted by molar-refractivity contribution is 6.34. The van der Waals surface area contributed by atoms with Crippen LogP contribution in [0.2, 0.25) is 10.0 Å². The van der Waals surface area contributed by atoms with Gasteiger partial charge in [-0.05, 0) is 29.8 Å². The summed E-state index contributed by atoms with van der Waals surface area (Å²) in [6.45, 7) is 0.353. The average molecular weight is 311 g/mol. The molecule has 6 heteroatoms.